The predicted octanol–water partition coefficient (Wildman–Crippen LogP) is 3.85. The predicted molar refractivity (Wildman–Crippen MR) is 79.4 cm³/mol. The van der Waals surface area contributed by atoms with Crippen molar-refractivity contribution in [2.75, 3.05) is 7.11 Å². The minimum atomic E-state index is -0.260. The smallest absolute Gasteiger partial charge is 0.0885 e. The number of ether oxygens (including phenoxy) is 1. The molecule has 2 rings (SSSR count). The molecule has 1 aromatic rings. The fourth-order valence-corrected chi connectivity index (χ4v) is 3.31. The maximum Gasteiger partial charge on any atom is 0.0885 e. The van der Waals surface area contributed by atoms with Gasteiger partial charge in [-0.1, -0.05) is 48.5 Å². The monoisotopic (exact) mass is 302 g/mol. The van der Waals surface area contributed by atoms with E-state index in [-0.39, 0.29) is 11.6 Å². The van der Waals surface area contributed by atoms with Gasteiger partial charge in [-0.2, -0.15) is 0 Å². The maximum atomic E-state index is 6.10. The summed E-state index contributed by atoms with van der Waals surface area (Å²) in [6, 6.07) is 5.54. The highest BCUT2D eigenvalue weighted by molar-refractivity contribution is 6.42. The molecule has 1 aliphatic rings. The van der Waals surface area contributed by atoms with E-state index < -0.39 is 0 Å². The molecule has 1 atom stereocenters. The number of halogens is 2. The van der Waals surface area contributed by atoms with E-state index in [0.29, 0.717) is 10.0 Å². The highest BCUT2D eigenvalue weighted by Gasteiger charge is 2.40. The summed E-state index contributed by atoms with van der Waals surface area (Å²) in [6.45, 7) is 0. The van der Waals surface area contributed by atoms with Crippen LogP contribution < -0.4 is 11.3 Å². The summed E-state index contributed by atoms with van der Waals surface area (Å²) >= 11 is 12.1. The van der Waals surface area contributed by atoms with Crippen molar-refractivity contribution in [1.29, 1.82) is 0 Å². The van der Waals surface area contributed by atoms with Crippen LogP contribution in [0.5, 0.6) is 0 Å². The van der Waals surface area contributed by atoms with Crippen LogP contribution in [0.3, 0.4) is 0 Å². The van der Waals surface area contributed by atoms with Crippen LogP contribution >= 0.6 is 23.2 Å². The normalized spacial score (nSPS) is 20.2. The van der Waals surface area contributed by atoms with Crippen LogP contribution in [-0.4, -0.2) is 12.7 Å². The molecule has 5 heteroatoms. The Hall–Kier alpha value is -0.320. The van der Waals surface area contributed by atoms with Crippen LogP contribution in [-0.2, 0) is 4.74 Å². The van der Waals surface area contributed by atoms with Gasteiger partial charge in [-0.15, -0.1) is 0 Å². The zero-order valence-corrected chi connectivity index (χ0v) is 12.6. The molecule has 0 radical (unpaired) electrons. The van der Waals surface area contributed by atoms with Crippen molar-refractivity contribution in [3.05, 3.63) is 33.8 Å². The van der Waals surface area contributed by atoms with Crippen LogP contribution in [0.15, 0.2) is 18.2 Å². The van der Waals surface area contributed by atoms with Gasteiger partial charge in [-0.25, -0.2) is 0 Å². The van der Waals surface area contributed by atoms with Gasteiger partial charge in [-0.3, -0.25) is 11.3 Å². The lowest BCUT2D eigenvalue weighted by Crippen LogP contribution is -2.49. The van der Waals surface area contributed by atoms with Crippen LogP contribution in [0.1, 0.15) is 43.7 Å². The van der Waals surface area contributed by atoms with Gasteiger partial charge < -0.3 is 4.74 Å². The summed E-state index contributed by atoms with van der Waals surface area (Å²) in [7, 11) is 1.76. The van der Waals surface area contributed by atoms with Crippen LogP contribution in [0.25, 0.3) is 0 Å². The third-order valence-electron chi connectivity index (χ3n) is 4.08. The van der Waals surface area contributed by atoms with E-state index in [1.165, 1.54) is 6.42 Å². The standard InChI is InChI=1S/C14H20Cl2N2O/c1-19-14(7-3-2-4-8-14)13(18-17)10-5-6-11(15)12(16)9-10/h5-6,9,13,18H,2-4,7-8,17H2,1H3. The minimum absolute atomic E-state index is 0.0763. The van der Waals surface area contributed by atoms with Crippen LogP contribution in [0.4, 0.5) is 0 Å². The fourth-order valence-electron chi connectivity index (χ4n) is 3.00. The Morgan fingerprint density at radius 1 is 1.21 bits per heavy atom. The Balaban J connectivity index is 2.33. The first kappa shape index (κ1) is 15.1. The highest BCUT2D eigenvalue weighted by Crippen LogP contribution is 2.41. The molecule has 0 aliphatic heterocycles. The van der Waals surface area contributed by atoms with Crippen LogP contribution in [0, 0.1) is 0 Å². The third kappa shape index (κ3) is 3.06. The van der Waals surface area contributed by atoms with Crippen molar-refractivity contribution in [3.8, 4) is 0 Å². The number of nitrogens with one attached hydrogen (secondary N) is 1. The van der Waals surface area contributed by atoms with Gasteiger partial charge in [-0.05, 0) is 30.5 Å². The lowest BCUT2D eigenvalue weighted by molar-refractivity contribution is -0.0688. The van der Waals surface area contributed by atoms with Gasteiger partial charge in [0.05, 0.1) is 21.7 Å². The summed E-state index contributed by atoms with van der Waals surface area (Å²) in [5.74, 6) is 5.78. The van der Waals surface area contributed by atoms with Gasteiger partial charge in [0.25, 0.3) is 0 Å². The first-order valence-corrected chi connectivity index (χ1v) is 7.35. The molecule has 0 aromatic heterocycles. The lowest BCUT2D eigenvalue weighted by Gasteiger charge is -2.42. The van der Waals surface area contributed by atoms with E-state index in [9.17, 15) is 0 Å². The number of hydrazine groups is 1. The fraction of sp³-hybridized carbons (Fsp3) is 0.571. The molecule has 3 nitrogen and oxygen atoms in total. The number of benzene rings is 1. The van der Waals surface area contributed by atoms with Crippen molar-refractivity contribution in [1.82, 2.24) is 5.43 Å². The van der Waals surface area contributed by atoms with E-state index in [0.717, 1.165) is 31.2 Å². The topological polar surface area (TPSA) is 47.3 Å². The second-order valence-electron chi connectivity index (χ2n) is 5.10. The van der Waals surface area contributed by atoms with Crippen molar-refractivity contribution in [3.63, 3.8) is 0 Å². The number of hydrogen-bond acceptors (Lipinski definition) is 3. The van der Waals surface area contributed by atoms with E-state index in [2.05, 4.69) is 5.43 Å². The molecule has 1 fully saturated rings. The van der Waals surface area contributed by atoms with Crippen molar-refractivity contribution < 1.29 is 4.74 Å². The lowest BCUT2D eigenvalue weighted by atomic mass is 9.77. The van der Waals surface area contributed by atoms with Gasteiger partial charge in [0.15, 0.2) is 0 Å². The minimum Gasteiger partial charge on any atom is -0.376 e. The molecule has 1 unspecified atom stereocenters. The molecule has 0 heterocycles. The van der Waals surface area contributed by atoms with Gasteiger partial charge >= 0.3 is 0 Å². The maximum absolute atomic E-state index is 6.10. The number of hydrogen-bond donors (Lipinski definition) is 2. The summed E-state index contributed by atoms with van der Waals surface area (Å²) < 4.78 is 5.84. The Morgan fingerprint density at radius 2 is 1.89 bits per heavy atom. The Kier molecular flexibility index (Phi) is 5.09. The second-order valence-corrected chi connectivity index (χ2v) is 5.92. The van der Waals surface area contributed by atoms with E-state index in [1.807, 2.05) is 12.1 Å². The Labute approximate surface area is 124 Å². The average molecular weight is 303 g/mol. The molecule has 0 bridgehead atoms. The summed E-state index contributed by atoms with van der Waals surface area (Å²) in [6.07, 6.45) is 5.57. The largest absolute Gasteiger partial charge is 0.376 e. The van der Waals surface area contributed by atoms with Gasteiger partial charge in [0, 0.05) is 7.11 Å². The Morgan fingerprint density at radius 3 is 2.42 bits per heavy atom. The molecule has 0 saturated heterocycles. The number of nitrogens with two attached hydrogens (primary N) is 1. The number of rotatable bonds is 4. The third-order valence-corrected chi connectivity index (χ3v) is 4.82. The molecule has 0 amide bonds. The van der Waals surface area contributed by atoms with Gasteiger partial charge in [0.2, 0.25) is 0 Å². The van der Waals surface area contributed by atoms with Crippen LogP contribution in [0.2, 0.25) is 10.0 Å². The quantitative estimate of drug-likeness (QED) is 0.656. The Bertz CT molecular complexity index is 433. The average Bonchev–Trinajstić information content (AvgIpc) is 2.44. The molecule has 1 saturated carbocycles. The van der Waals surface area contributed by atoms with E-state index >= 15 is 0 Å². The molecular weight excluding hydrogens is 283 g/mol. The molecule has 3 N–H and O–H groups in total. The zero-order chi connectivity index (χ0) is 13.9. The number of methoxy groups -OCH3 is 1. The van der Waals surface area contributed by atoms with Gasteiger partial charge in [0.1, 0.15) is 0 Å². The van der Waals surface area contributed by atoms with Crippen molar-refractivity contribution in [2.24, 2.45) is 5.84 Å². The summed E-state index contributed by atoms with van der Waals surface area (Å²) in [4.78, 5) is 0. The molecule has 1 aromatic carbocycles. The summed E-state index contributed by atoms with van der Waals surface area (Å²) in [5.41, 5.74) is 3.65. The molecular formula is C14H20Cl2N2O. The molecule has 106 valence electrons. The zero-order valence-electron chi connectivity index (χ0n) is 11.1. The molecule has 0 spiro atoms. The van der Waals surface area contributed by atoms with E-state index in [1.54, 1.807) is 13.2 Å². The van der Waals surface area contributed by atoms with E-state index in [4.69, 9.17) is 33.8 Å². The summed E-state index contributed by atoms with van der Waals surface area (Å²) in [5, 5.41) is 1.10. The van der Waals surface area contributed by atoms with Crippen molar-refractivity contribution in [2.45, 2.75) is 43.7 Å². The first-order chi connectivity index (χ1) is 9.13. The second kappa shape index (κ2) is 6.42. The van der Waals surface area contributed by atoms with Crippen molar-refractivity contribution >= 4 is 23.2 Å². The molecule has 1 aliphatic carbocycles. The SMILES string of the molecule is COC1(C(NN)c2ccc(Cl)c(Cl)c2)CCCCC1. The highest BCUT2D eigenvalue weighted by atomic mass is 35.5. The first-order valence-electron chi connectivity index (χ1n) is 6.59. The molecule has 19 heavy (non-hydrogen) atoms.